The van der Waals surface area contributed by atoms with Crippen molar-refractivity contribution < 1.29 is 70.7 Å². The van der Waals surface area contributed by atoms with E-state index in [0.717, 1.165) is 62.7 Å². The number of halogens is 4. The maximum atomic E-state index is 15.5. The summed E-state index contributed by atoms with van der Waals surface area (Å²) in [6.45, 7) is 6.50. The van der Waals surface area contributed by atoms with Gasteiger partial charge in [-0.25, -0.2) is 0 Å². The number of hydrogen-bond acceptors (Lipinski definition) is 12. The zero-order chi connectivity index (χ0) is 73.7. The minimum Gasteiger partial charge on any atom is -0.343 e. The van der Waals surface area contributed by atoms with Crippen LogP contribution in [0.1, 0.15) is 201 Å². The molecule has 12 amide bonds. The Bertz CT molecular complexity index is 2900. The van der Waals surface area contributed by atoms with Crippen molar-refractivity contribution >= 4 is 82.5 Å². The standard InChI is InChI=1S/C72H116ClF3N12O12/c1-45(2)38-54-63(93)78-61(49-26-17-13-18-27-49)68(98)82(7)43-59(91)80(5)44-60(92)84(9)55(40-47-24-15-12-16-25-47)66(96)81(6)42-57(89)77-52(32-30-48-29-31-50(51(73)39-48)72(74,75)76)65(95)88-37-23-28-53(88)64(94)79-71(33-19-20-34-71)70(100)86(11)62(46(3)4)69(99)85(10)56(41-58(90)83(54)8)67(97)87-35-21-14-22-36-87/h45-56,61-62H,12-44H2,1-11H3,(H,77,89)(H,78,93)(H,79,94)/t48?,50?,51?,52-,53-,54-,55-,56-,61-,62-/m0/s1. The molecule has 7 aliphatic rings. The van der Waals surface area contributed by atoms with Gasteiger partial charge in [0.1, 0.15) is 47.8 Å². The maximum Gasteiger partial charge on any atom is 0.393 e. The van der Waals surface area contributed by atoms with Crippen molar-refractivity contribution in [2.75, 3.05) is 88.6 Å². The number of carbonyl (C=O) groups excluding carboxylic acids is 12. The van der Waals surface area contributed by atoms with Crippen molar-refractivity contribution in [2.24, 2.45) is 35.5 Å². The van der Waals surface area contributed by atoms with Crippen LogP contribution >= 0.6 is 11.6 Å². The van der Waals surface area contributed by atoms with Crippen LogP contribution < -0.4 is 16.0 Å². The molecule has 3 aliphatic heterocycles. The normalized spacial score (nSPS) is 29.9. The van der Waals surface area contributed by atoms with E-state index in [4.69, 9.17) is 11.6 Å². The van der Waals surface area contributed by atoms with Crippen LogP contribution in [0, 0.1) is 35.5 Å². The monoisotopic (exact) mass is 1430 g/mol. The highest BCUT2D eigenvalue weighted by Crippen LogP contribution is 2.44. The number of hydrogen-bond donors (Lipinski definition) is 3. The fourth-order valence-electron chi connectivity index (χ4n) is 16.8. The van der Waals surface area contributed by atoms with E-state index in [1.54, 1.807) is 18.7 Å². The number of rotatable bonds is 10. The smallest absolute Gasteiger partial charge is 0.343 e. The first kappa shape index (κ1) is 81.0. The van der Waals surface area contributed by atoms with Gasteiger partial charge in [-0.05, 0) is 132 Å². The minimum absolute atomic E-state index is 0.00119. The average molecular weight is 1430 g/mol. The van der Waals surface area contributed by atoms with Crippen LogP contribution in [0.3, 0.4) is 0 Å². The molecule has 3 unspecified atom stereocenters. The molecule has 28 heteroatoms. The molecule has 3 saturated heterocycles. The number of likely N-dealkylation sites (tertiary alicyclic amines) is 1. The highest BCUT2D eigenvalue weighted by molar-refractivity contribution is 6.21. The lowest BCUT2D eigenvalue weighted by Gasteiger charge is -2.42. The van der Waals surface area contributed by atoms with Crippen molar-refractivity contribution in [1.82, 2.24) is 60.0 Å². The van der Waals surface area contributed by atoms with Crippen LogP contribution in [0.4, 0.5) is 13.2 Å². The lowest BCUT2D eigenvalue weighted by molar-refractivity contribution is -0.182. The van der Waals surface area contributed by atoms with Crippen LogP contribution in [0.2, 0.25) is 0 Å². The molecular formula is C72H116ClF3N12O12. The third-order valence-corrected chi connectivity index (χ3v) is 23.4. The first-order valence-electron chi connectivity index (χ1n) is 37.2. The van der Waals surface area contributed by atoms with Gasteiger partial charge in [-0.15, -0.1) is 11.6 Å². The summed E-state index contributed by atoms with van der Waals surface area (Å²) in [5.74, 6) is -10.6. The Morgan fingerprint density at radius 3 is 1.75 bits per heavy atom. The molecule has 0 aromatic rings. The number of carbonyl (C=O) groups is 12. The molecule has 0 bridgehead atoms. The Morgan fingerprint density at radius 1 is 0.560 bits per heavy atom. The molecule has 4 saturated carbocycles. The van der Waals surface area contributed by atoms with Gasteiger partial charge >= 0.3 is 6.18 Å². The second-order valence-corrected chi connectivity index (χ2v) is 31.7. The maximum absolute atomic E-state index is 15.5. The molecule has 100 heavy (non-hydrogen) atoms. The molecule has 7 fully saturated rings. The Morgan fingerprint density at radius 2 is 1.15 bits per heavy atom. The van der Waals surface area contributed by atoms with E-state index in [-0.39, 0.29) is 94.4 Å². The predicted octanol–water partition coefficient (Wildman–Crippen LogP) is 6.09. The zero-order valence-corrected chi connectivity index (χ0v) is 62.1. The average Bonchev–Trinajstić information content (AvgIpc) is 1.49. The molecule has 0 aromatic carbocycles. The van der Waals surface area contributed by atoms with Crippen LogP contribution in [0.15, 0.2) is 0 Å². The number of alkyl halides is 4. The Hall–Kier alpha value is -6.28. The molecule has 564 valence electrons. The number of amides is 12. The molecular weight excluding hydrogens is 1320 g/mol. The fourth-order valence-corrected chi connectivity index (χ4v) is 17.3. The van der Waals surface area contributed by atoms with Crippen molar-refractivity contribution in [3.05, 3.63) is 0 Å². The second-order valence-electron chi connectivity index (χ2n) is 31.1. The number of fused-ring (bicyclic) bond motifs is 1. The van der Waals surface area contributed by atoms with Crippen molar-refractivity contribution in [2.45, 2.75) is 260 Å². The summed E-state index contributed by atoms with van der Waals surface area (Å²) in [6, 6.07) is -8.53. The number of piperidine rings is 1. The molecule has 3 N–H and O–H groups in total. The van der Waals surface area contributed by atoms with Gasteiger partial charge in [0, 0.05) is 74.3 Å². The third kappa shape index (κ3) is 20.5. The van der Waals surface area contributed by atoms with Gasteiger partial charge in [-0.3, -0.25) is 57.5 Å². The molecule has 0 aromatic heterocycles. The first-order chi connectivity index (χ1) is 47.2. The van der Waals surface area contributed by atoms with E-state index in [9.17, 15) is 41.9 Å². The summed E-state index contributed by atoms with van der Waals surface area (Å²) in [7, 11) is 10.1. The number of likely N-dealkylation sites (N-methyl/N-ethyl adjacent to an activating group) is 7. The highest BCUT2D eigenvalue weighted by Gasteiger charge is 2.52. The summed E-state index contributed by atoms with van der Waals surface area (Å²) in [4.78, 5) is 191. The lowest BCUT2D eigenvalue weighted by Crippen LogP contribution is -2.65. The quantitative estimate of drug-likeness (QED) is 0.210. The topological polar surface area (TPSA) is 270 Å². The highest BCUT2D eigenvalue weighted by atomic mass is 35.5. The number of nitrogens with one attached hydrogen (secondary N) is 3. The van der Waals surface area contributed by atoms with E-state index in [1.165, 1.54) is 83.6 Å². The molecule has 0 radical (unpaired) electrons. The van der Waals surface area contributed by atoms with Crippen LogP contribution in [0.25, 0.3) is 0 Å². The Kier molecular flexibility index (Phi) is 29.4. The van der Waals surface area contributed by atoms with E-state index >= 15 is 28.8 Å². The zero-order valence-electron chi connectivity index (χ0n) is 61.4. The Balaban J connectivity index is 1.26. The Labute approximate surface area is 595 Å². The van der Waals surface area contributed by atoms with E-state index in [1.807, 2.05) is 13.8 Å². The van der Waals surface area contributed by atoms with Crippen LogP contribution in [0.5, 0.6) is 0 Å². The molecule has 4 aliphatic carbocycles. The van der Waals surface area contributed by atoms with Crippen molar-refractivity contribution in [1.29, 1.82) is 0 Å². The predicted molar refractivity (Wildman–Crippen MR) is 370 cm³/mol. The van der Waals surface area contributed by atoms with Gasteiger partial charge in [0.2, 0.25) is 70.9 Å². The van der Waals surface area contributed by atoms with Crippen LogP contribution in [-0.4, -0.2) is 263 Å². The van der Waals surface area contributed by atoms with Gasteiger partial charge < -0.3 is 60.0 Å². The summed E-state index contributed by atoms with van der Waals surface area (Å²) in [5.41, 5.74) is -1.56. The summed E-state index contributed by atoms with van der Waals surface area (Å²) in [6.07, 6.45) is 7.61. The van der Waals surface area contributed by atoms with Gasteiger partial charge in [0.25, 0.3) is 0 Å². The van der Waals surface area contributed by atoms with Crippen molar-refractivity contribution in [3.63, 3.8) is 0 Å². The lowest BCUT2D eigenvalue weighted by atomic mass is 9.78. The molecule has 1 spiro atoms. The fraction of sp³-hybridized carbons (Fsp3) is 0.833. The molecule has 10 atom stereocenters. The molecule has 24 nitrogen and oxygen atoms in total. The van der Waals surface area contributed by atoms with E-state index in [0.29, 0.717) is 58.0 Å². The van der Waals surface area contributed by atoms with Gasteiger partial charge in [-0.2, -0.15) is 13.2 Å². The number of nitrogens with zero attached hydrogens (tertiary/aromatic N) is 9. The largest absolute Gasteiger partial charge is 0.393 e. The molecule has 3 heterocycles. The molecule has 7 rings (SSSR count). The summed E-state index contributed by atoms with van der Waals surface area (Å²) < 4.78 is 42.0. The van der Waals surface area contributed by atoms with Gasteiger partial charge in [0.15, 0.2) is 0 Å². The third-order valence-electron chi connectivity index (χ3n) is 22.9. The van der Waals surface area contributed by atoms with Gasteiger partial charge in [-0.1, -0.05) is 91.9 Å². The van der Waals surface area contributed by atoms with E-state index < -0.39 is 168 Å². The van der Waals surface area contributed by atoms with E-state index in [2.05, 4.69) is 16.0 Å². The first-order valence-corrected chi connectivity index (χ1v) is 37.6. The minimum atomic E-state index is -4.51. The SMILES string of the molecule is CC(C)C[C@H]1C(=O)N[C@@H](C2CCCCC2)C(=O)N(C)CC(=O)N(C)CC(=O)N(C)[C@@H](CC2CCCCC2)C(=O)N(C)CC(=O)N[C@@H](CCC2CCC(C(F)(F)F)C(Cl)C2)C(=O)N2CCC[C@H]2C(=O)NC2(CCCC2)C(=O)N(C)[C@@H](C(C)C)C(=O)N(C)[C@H](C(=O)N2CCCCC2)CC(=O)N1C. The van der Waals surface area contributed by atoms with Gasteiger partial charge in [0.05, 0.1) is 32.0 Å². The second kappa shape index (κ2) is 36.2. The van der Waals surface area contributed by atoms with Crippen molar-refractivity contribution in [3.8, 4) is 0 Å². The summed E-state index contributed by atoms with van der Waals surface area (Å²) >= 11 is 6.40. The summed E-state index contributed by atoms with van der Waals surface area (Å²) in [5, 5.41) is 7.68. The van der Waals surface area contributed by atoms with Crippen LogP contribution in [-0.2, 0) is 57.5 Å².